The lowest BCUT2D eigenvalue weighted by Gasteiger charge is -2.55. The molecule has 0 radical (unpaired) electrons. The van der Waals surface area contributed by atoms with Gasteiger partial charge in [-0.15, -0.1) is 0 Å². The number of aromatic nitrogens is 2. The number of aryl methyl sites for hydroxylation is 2. The van der Waals surface area contributed by atoms with E-state index in [0.717, 1.165) is 18.8 Å². The number of hydrogen-bond donors (Lipinski definition) is 2. The minimum atomic E-state index is -0.399. The Morgan fingerprint density at radius 1 is 1.36 bits per heavy atom. The van der Waals surface area contributed by atoms with Crippen molar-refractivity contribution in [2.75, 3.05) is 13.1 Å². The maximum atomic E-state index is 12.3. The predicted octanol–water partition coefficient (Wildman–Crippen LogP) is 0.706. The van der Waals surface area contributed by atoms with E-state index in [1.54, 1.807) is 6.20 Å². The summed E-state index contributed by atoms with van der Waals surface area (Å²) in [6.45, 7) is 4.07. The van der Waals surface area contributed by atoms with E-state index >= 15 is 0 Å². The summed E-state index contributed by atoms with van der Waals surface area (Å²) in [5.74, 6) is 1.15. The molecular formula is C16H25N3O3. The zero-order valence-corrected chi connectivity index (χ0v) is 13.1. The van der Waals surface area contributed by atoms with Crippen molar-refractivity contribution < 1.29 is 15.0 Å². The van der Waals surface area contributed by atoms with Gasteiger partial charge in [-0.2, -0.15) is 0 Å². The smallest absolute Gasteiger partial charge is 0.222 e. The summed E-state index contributed by atoms with van der Waals surface area (Å²) < 4.78 is 2.06. The number of imidazole rings is 1. The Balaban J connectivity index is 1.43. The van der Waals surface area contributed by atoms with Gasteiger partial charge in [0, 0.05) is 50.3 Å². The molecule has 1 aliphatic carbocycles. The van der Waals surface area contributed by atoms with E-state index in [4.69, 9.17) is 0 Å². The van der Waals surface area contributed by atoms with Gasteiger partial charge in [-0.3, -0.25) is 4.79 Å². The van der Waals surface area contributed by atoms with Gasteiger partial charge in [0.05, 0.1) is 12.2 Å². The second-order valence-corrected chi connectivity index (χ2v) is 6.65. The van der Waals surface area contributed by atoms with Gasteiger partial charge in [-0.25, -0.2) is 4.98 Å². The molecule has 0 bridgehead atoms. The standard InChI is InChI=1S/C16H25N3O3/c1-12-17-6-10-18(12)7-2-3-15(22)19-8-4-16(5-9-19)13(20)11-14(16)21/h6,10,13-14,20-21H,2-5,7-9,11H2,1H3/t13-,14+. The van der Waals surface area contributed by atoms with Crippen molar-refractivity contribution in [3.63, 3.8) is 0 Å². The average Bonchev–Trinajstić information content (AvgIpc) is 2.93. The summed E-state index contributed by atoms with van der Waals surface area (Å²) in [6.07, 6.45) is 6.16. The molecular weight excluding hydrogens is 282 g/mol. The average molecular weight is 307 g/mol. The van der Waals surface area contributed by atoms with Crippen LogP contribution in [0, 0.1) is 12.3 Å². The minimum absolute atomic E-state index is 0.177. The van der Waals surface area contributed by atoms with E-state index in [-0.39, 0.29) is 11.3 Å². The van der Waals surface area contributed by atoms with Crippen molar-refractivity contribution in [3.05, 3.63) is 18.2 Å². The maximum Gasteiger partial charge on any atom is 0.222 e. The quantitative estimate of drug-likeness (QED) is 0.858. The zero-order chi connectivity index (χ0) is 15.7. The van der Waals surface area contributed by atoms with Crippen molar-refractivity contribution in [1.29, 1.82) is 0 Å². The fraction of sp³-hybridized carbons (Fsp3) is 0.750. The molecule has 2 N–H and O–H groups in total. The molecule has 1 saturated heterocycles. The van der Waals surface area contributed by atoms with Crippen LogP contribution in [-0.2, 0) is 11.3 Å². The Hall–Kier alpha value is -1.40. The minimum Gasteiger partial charge on any atom is -0.392 e. The molecule has 1 spiro atoms. The first kappa shape index (κ1) is 15.5. The Morgan fingerprint density at radius 2 is 2.05 bits per heavy atom. The second-order valence-electron chi connectivity index (χ2n) is 6.65. The van der Waals surface area contributed by atoms with Gasteiger partial charge < -0.3 is 19.7 Å². The highest BCUT2D eigenvalue weighted by molar-refractivity contribution is 5.76. The van der Waals surface area contributed by atoms with Crippen molar-refractivity contribution in [1.82, 2.24) is 14.5 Å². The van der Waals surface area contributed by atoms with Crippen LogP contribution in [-0.4, -0.2) is 55.9 Å². The molecule has 1 aromatic heterocycles. The van der Waals surface area contributed by atoms with Gasteiger partial charge in [0.1, 0.15) is 5.82 Å². The molecule has 2 atom stereocenters. The van der Waals surface area contributed by atoms with Crippen LogP contribution in [0.15, 0.2) is 12.4 Å². The summed E-state index contributed by atoms with van der Waals surface area (Å²) in [4.78, 5) is 18.3. The first-order valence-electron chi connectivity index (χ1n) is 8.14. The van der Waals surface area contributed by atoms with Crippen molar-refractivity contribution >= 4 is 5.91 Å². The largest absolute Gasteiger partial charge is 0.392 e. The summed E-state index contributed by atoms with van der Waals surface area (Å²) >= 11 is 0. The lowest BCUT2D eigenvalue weighted by Crippen LogP contribution is -2.61. The van der Waals surface area contributed by atoms with E-state index < -0.39 is 12.2 Å². The zero-order valence-electron chi connectivity index (χ0n) is 13.1. The molecule has 2 heterocycles. The van der Waals surface area contributed by atoms with Crippen LogP contribution in [0.3, 0.4) is 0 Å². The number of amides is 1. The second kappa shape index (κ2) is 6.01. The van der Waals surface area contributed by atoms with E-state index in [1.165, 1.54) is 0 Å². The lowest BCUT2D eigenvalue weighted by molar-refractivity contribution is -0.191. The summed E-state index contributed by atoms with van der Waals surface area (Å²) in [5, 5.41) is 19.8. The number of rotatable bonds is 4. The van der Waals surface area contributed by atoms with Crippen LogP contribution in [0.25, 0.3) is 0 Å². The van der Waals surface area contributed by atoms with Gasteiger partial charge >= 0.3 is 0 Å². The molecule has 3 rings (SSSR count). The van der Waals surface area contributed by atoms with Gasteiger partial charge in [0.25, 0.3) is 0 Å². The number of likely N-dealkylation sites (tertiary alicyclic amines) is 1. The maximum absolute atomic E-state index is 12.3. The molecule has 1 aliphatic heterocycles. The number of hydrogen-bond acceptors (Lipinski definition) is 4. The Labute approximate surface area is 130 Å². The molecule has 0 unspecified atom stereocenters. The fourth-order valence-electron chi connectivity index (χ4n) is 3.78. The van der Waals surface area contributed by atoms with E-state index in [2.05, 4.69) is 9.55 Å². The summed E-state index contributed by atoms with van der Waals surface area (Å²) in [7, 11) is 0. The number of aliphatic hydroxyl groups excluding tert-OH is 2. The third-order valence-electron chi connectivity index (χ3n) is 5.53. The first-order chi connectivity index (χ1) is 10.5. The SMILES string of the molecule is Cc1nccn1CCCC(=O)N1CCC2(CC1)[C@H](O)C[C@@H]2O. The van der Waals surface area contributed by atoms with Crippen molar-refractivity contribution in [2.45, 2.75) is 57.8 Å². The van der Waals surface area contributed by atoms with Crippen LogP contribution < -0.4 is 0 Å². The lowest BCUT2D eigenvalue weighted by atomic mass is 9.58. The Morgan fingerprint density at radius 3 is 2.59 bits per heavy atom. The highest BCUT2D eigenvalue weighted by atomic mass is 16.3. The van der Waals surface area contributed by atoms with E-state index in [0.29, 0.717) is 38.8 Å². The van der Waals surface area contributed by atoms with Crippen molar-refractivity contribution in [3.8, 4) is 0 Å². The predicted molar refractivity (Wildman–Crippen MR) is 81.1 cm³/mol. The van der Waals surface area contributed by atoms with Crippen molar-refractivity contribution in [2.24, 2.45) is 5.41 Å². The van der Waals surface area contributed by atoms with Gasteiger partial charge in [-0.1, -0.05) is 0 Å². The number of nitrogens with zero attached hydrogens (tertiary/aromatic N) is 3. The summed E-state index contributed by atoms with van der Waals surface area (Å²) in [6, 6.07) is 0. The highest BCUT2D eigenvalue weighted by Gasteiger charge is 2.54. The van der Waals surface area contributed by atoms with Gasteiger partial charge in [0.2, 0.25) is 5.91 Å². The number of piperidine rings is 1. The highest BCUT2D eigenvalue weighted by Crippen LogP contribution is 2.49. The molecule has 6 nitrogen and oxygen atoms in total. The molecule has 2 aliphatic rings. The van der Waals surface area contributed by atoms with E-state index in [1.807, 2.05) is 18.0 Å². The molecule has 1 aromatic rings. The van der Waals surface area contributed by atoms with Crippen LogP contribution in [0.5, 0.6) is 0 Å². The van der Waals surface area contributed by atoms with E-state index in [9.17, 15) is 15.0 Å². The first-order valence-corrected chi connectivity index (χ1v) is 8.14. The van der Waals surface area contributed by atoms with Crippen LogP contribution in [0.4, 0.5) is 0 Å². The Kier molecular flexibility index (Phi) is 4.23. The number of carbonyl (C=O) groups is 1. The monoisotopic (exact) mass is 307 g/mol. The van der Waals surface area contributed by atoms with Crippen LogP contribution >= 0.6 is 0 Å². The number of carbonyl (C=O) groups excluding carboxylic acids is 1. The topological polar surface area (TPSA) is 78.6 Å². The molecule has 122 valence electrons. The van der Waals surface area contributed by atoms with Gasteiger partial charge in [0.15, 0.2) is 0 Å². The molecule has 2 fully saturated rings. The van der Waals surface area contributed by atoms with Crippen LogP contribution in [0.2, 0.25) is 0 Å². The molecule has 22 heavy (non-hydrogen) atoms. The third-order valence-corrected chi connectivity index (χ3v) is 5.53. The summed E-state index contributed by atoms with van der Waals surface area (Å²) in [5.41, 5.74) is -0.343. The molecule has 0 aromatic carbocycles. The molecule has 1 amide bonds. The molecule has 6 heteroatoms. The molecule has 1 saturated carbocycles. The number of aliphatic hydroxyl groups is 2. The third kappa shape index (κ3) is 2.65. The fourth-order valence-corrected chi connectivity index (χ4v) is 3.78. The van der Waals surface area contributed by atoms with Gasteiger partial charge in [-0.05, 0) is 26.2 Å². The Bertz CT molecular complexity index is 524. The van der Waals surface area contributed by atoms with Crippen LogP contribution in [0.1, 0.15) is 37.9 Å². The normalized spacial score (nSPS) is 27.0.